The number of carbonyl (C=O) groups excluding carboxylic acids is 2. The van der Waals surface area contributed by atoms with Crippen LogP contribution in [0.4, 0.5) is 4.79 Å². The minimum absolute atomic E-state index is 0.163. The lowest BCUT2D eigenvalue weighted by molar-refractivity contribution is -0.143. The number of rotatable bonds is 7. The first-order chi connectivity index (χ1) is 15.0. The number of methoxy groups -OCH3 is 1. The van der Waals surface area contributed by atoms with E-state index in [9.17, 15) is 9.59 Å². The van der Waals surface area contributed by atoms with Crippen molar-refractivity contribution < 1.29 is 18.8 Å². The van der Waals surface area contributed by atoms with Gasteiger partial charge in [0.25, 0.3) is 0 Å². The van der Waals surface area contributed by atoms with Crippen molar-refractivity contribution in [1.82, 2.24) is 9.80 Å². The molecular weight excluding hydrogens is 436 g/mol. The van der Waals surface area contributed by atoms with E-state index < -0.39 is 34.3 Å². The van der Waals surface area contributed by atoms with Crippen LogP contribution in [0.1, 0.15) is 0 Å². The molecule has 0 radical (unpaired) electrons. The van der Waals surface area contributed by atoms with Crippen LogP contribution in [-0.2, 0) is 14.0 Å². The molecule has 1 fully saturated rings. The molecule has 2 aromatic rings. The van der Waals surface area contributed by atoms with E-state index in [1.807, 2.05) is 36.4 Å². The van der Waals surface area contributed by atoms with Gasteiger partial charge < -0.3 is 14.1 Å². The molecule has 2 aromatic carbocycles. The van der Waals surface area contributed by atoms with E-state index in [1.54, 1.807) is 26.1 Å². The number of urea groups is 1. The van der Waals surface area contributed by atoms with Gasteiger partial charge in [0.15, 0.2) is 6.29 Å². The Morgan fingerprint density at radius 3 is 1.84 bits per heavy atom. The monoisotopic (exact) mass is 470 g/mol. The normalized spacial score (nSPS) is 21.1. The van der Waals surface area contributed by atoms with Gasteiger partial charge in [0.1, 0.15) is 0 Å². The molecule has 1 aliphatic rings. The van der Waals surface area contributed by atoms with Crippen molar-refractivity contribution >= 4 is 38.7 Å². The van der Waals surface area contributed by atoms with Crippen molar-refractivity contribution in [1.29, 1.82) is 0 Å². The average Bonchev–Trinajstić information content (AvgIpc) is 2.79. The quantitative estimate of drug-likeness (QED) is 0.461. The van der Waals surface area contributed by atoms with Gasteiger partial charge in [0, 0.05) is 21.2 Å². The summed E-state index contributed by atoms with van der Waals surface area (Å²) in [5.41, 5.74) is -0.414. The number of imide groups is 1. The number of hydrogen-bond acceptors (Lipinski definition) is 4. The lowest BCUT2D eigenvalue weighted by Crippen LogP contribution is -2.69. The first-order valence-corrected chi connectivity index (χ1v) is 16.9. The van der Waals surface area contributed by atoms with Crippen LogP contribution in [0.3, 0.4) is 0 Å². The second-order valence-electron chi connectivity index (χ2n) is 9.44. The second-order valence-corrected chi connectivity index (χ2v) is 17.9. The zero-order valence-corrected chi connectivity index (χ0v) is 22.0. The third kappa shape index (κ3) is 4.45. The molecule has 1 heterocycles. The van der Waals surface area contributed by atoms with E-state index in [0.717, 1.165) is 10.4 Å². The lowest BCUT2D eigenvalue weighted by Gasteiger charge is -2.50. The standard InChI is InChI=1S/C24H34N2O4Si2/c1-25-20(23(29-3)30-32(6,7)19-16-12-9-13-17-19)21(22(27)26(2)24(25)28)31(4,5)18-14-10-8-11-15-18/h8-17,20-21,23H,1-7H3/t20-,21+,23?/m1/s1. The smallest absolute Gasteiger partial charge is 0.326 e. The Kier molecular flexibility index (Phi) is 7.09. The summed E-state index contributed by atoms with van der Waals surface area (Å²) in [4.78, 5) is 29.4. The van der Waals surface area contributed by atoms with Crippen molar-refractivity contribution in [3.63, 3.8) is 0 Å². The minimum atomic E-state index is -2.38. The maximum absolute atomic E-state index is 13.6. The molecule has 0 spiro atoms. The topological polar surface area (TPSA) is 59.1 Å². The molecule has 1 aliphatic heterocycles. The largest absolute Gasteiger partial charge is 0.387 e. The van der Waals surface area contributed by atoms with Crippen molar-refractivity contribution in [3.05, 3.63) is 60.7 Å². The first-order valence-electron chi connectivity index (χ1n) is 10.9. The third-order valence-electron chi connectivity index (χ3n) is 6.66. The fraction of sp³-hybridized carbons (Fsp3) is 0.417. The molecule has 8 heteroatoms. The number of amides is 3. The van der Waals surface area contributed by atoms with Crippen molar-refractivity contribution in [2.75, 3.05) is 21.2 Å². The van der Waals surface area contributed by atoms with Gasteiger partial charge in [-0.15, -0.1) is 0 Å². The van der Waals surface area contributed by atoms with Gasteiger partial charge in [0.05, 0.1) is 19.7 Å². The Morgan fingerprint density at radius 1 is 0.844 bits per heavy atom. The molecule has 0 saturated carbocycles. The first kappa shape index (κ1) is 24.4. The van der Waals surface area contributed by atoms with E-state index in [0.29, 0.717) is 0 Å². The van der Waals surface area contributed by atoms with Gasteiger partial charge >= 0.3 is 6.03 Å². The van der Waals surface area contributed by atoms with Crippen LogP contribution in [-0.4, -0.2) is 71.7 Å². The molecule has 0 N–H and O–H groups in total. The van der Waals surface area contributed by atoms with Gasteiger partial charge in [0.2, 0.25) is 14.2 Å². The maximum Gasteiger partial charge on any atom is 0.326 e. The van der Waals surface area contributed by atoms with E-state index >= 15 is 0 Å². The predicted octanol–water partition coefficient (Wildman–Crippen LogP) is 2.97. The molecule has 1 unspecified atom stereocenters. The van der Waals surface area contributed by atoms with E-state index in [1.165, 1.54) is 4.90 Å². The number of hydrogen-bond donors (Lipinski definition) is 0. The molecule has 172 valence electrons. The van der Waals surface area contributed by atoms with Crippen molar-refractivity contribution in [3.8, 4) is 0 Å². The van der Waals surface area contributed by atoms with Crippen molar-refractivity contribution in [2.24, 2.45) is 0 Å². The van der Waals surface area contributed by atoms with Gasteiger partial charge in [-0.3, -0.25) is 9.69 Å². The Balaban J connectivity index is 2.06. The summed E-state index contributed by atoms with van der Waals surface area (Å²) in [6.45, 7) is 8.59. The van der Waals surface area contributed by atoms with Crippen LogP contribution >= 0.6 is 0 Å². The molecule has 6 nitrogen and oxygen atoms in total. The summed E-state index contributed by atoms with van der Waals surface area (Å²) in [6.07, 6.45) is -0.719. The molecule has 0 bridgehead atoms. The van der Waals surface area contributed by atoms with E-state index in [-0.39, 0.29) is 11.9 Å². The second kappa shape index (κ2) is 9.31. The van der Waals surface area contributed by atoms with E-state index in [4.69, 9.17) is 9.16 Å². The van der Waals surface area contributed by atoms with Crippen LogP contribution in [0.15, 0.2) is 60.7 Å². The molecule has 3 atom stereocenters. The summed E-state index contributed by atoms with van der Waals surface area (Å²) < 4.78 is 12.5. The molecule has 1 saturated heterocycles. The summed E-state index contributed by atoms with van der Waals surface area (Å²) in [6, 6.07) is 19.4. The highest BCUT2D eigenvalue weighted by atomic mass is 28.4. The summed E-state index contributed by atoms with van der Waals surface area (Å²) in [7, 11) is 0.134. The van der Waals surface area contributed by atoms with Crippen LogP contribution < -0.4 is 10.4 Å². The van der Waals surface area contributed by atoms with Gasteiger partial charge in [-0.05, 0) is 18.3 Å². The molecule has 0 aliphatic carbocycles. The Labute approximate surface area is 193 Å². The molecule has 0 aromatic heterocycles. The molecule has 3 amide bonds. The third-order valence-corrected chi connectivity index (χ3v) is 13.2. The van der Waals surface area contributed by atoms with Gasteiger partial charge in [-0.2, -0.15) is 0 Å². The molecule has 3 rings (SSSR count). The van der Waals surface area contributed by atoms with Crippen LogP contribution in [0.5, 0.6) is 0 Å². The highest BCUT2D eigenvalue weighted by Crippen LogP contribution is 2.37. The van der Waals surface area contributed by atoms with E-state index in [2.05, 4.69) is 50.5 Å². The Hall–Kier alpha value is -2.27. The zero-order valence-electron chi connectivity index (χ0n) is 20.0. The summed E-state index contributed by atoms with van der Waals surface area (Å²) in [5, 5.41) is 2.29. The zero-order chi connectivity index (χ0) is 23.7. The lowest BCUT2D eigenvalue weighted by atomic mass is 10.1. The minimum Gasteiger partial charge on any atom is -0.387 e. The van der Waals surface area contributed by atoms with Crippen LogP contribution in [0.25, 0.3) is 0 Å². The highest BCUT2D eigenvalue weighted by molar-refractivity contribution is 6.93. The van der Waals surface area contributed by atoms with Crippen molar-refractivity contribution in [2.45, 2.75) is 44.1 Å². The maximum atomic E-state index is 13.6. The number of nitrogens with zero attached hydrogens (tertiary/aromatic N) is 2. The summed E-state index contributed by atoms with van der Waals surface area (Å²) >= 11 is 0. The predicted molar refractivity (Wildman–Crippen MR) is 132 cm³/mol. The number of benzene rings is 2. The van der Waals surface area contributed by atoms with Gasteiger partial charge in [-0.25, -0.2) is 4.79 Å². The Morgan fingerprint density at radius 2 is 1.34 bits per heavy atom. The fourth-order valence-corrected chi connectivity index (χ4v) is 10.0. The van der Waals surface area contributed by atoms with Crippen LogP contribution in [0.2, 0.25) is 31.7 Å². The van der Waals surface area contributed by atoms with Gasteiger partial charge in [-0.1, -0.05) is 78.9 Å². The number of ether oxygens (including phenoxy) is 1. The molecule has 32 heavy (non-hydrogen) atoms. The van der Waals surface area contributed by atoms with Crippen LogP contribution in [0, 0.1) is 0 Å². The number of carbonyl (C=O) groups is 2. The molecular formula is C24H34N2O4Si2. The number of likely N-dealkylation sites (N-methyl/N-ethyl adjacent to an activating group) is 1. The fourth-order valence-electron chi connectivity index (χ4n) is 4.61. The average molecular weight is 471 g/mol. The summed E-state index contributed by atoms with van der Waals surface area (Å²) in [5.74, 6) is -0.163. The highest BCUT2D eigenvalue weighted by Gasteiger charge is 2.55. The Bertz CT molecular complexity index is 953. The SMILES string of the molecule is COC(O[Si](C)(C)c1ccccc1)[C@H]1[C@H]([Si](C)(C)c2ccccc2)C(=O)N(C)C(=O)N1C.